The minimum absolute atomic E-state index is 0.118. The third kappa shape index (κ3) is 2.48. The molecular formula is C9H8BrClN2O2. The number of nitrogens with zero attached hydrogens (tertiary/aromatic N) is 1. The molecule has 80 valence electrons. The number of aromatic nitrogens is 1. The van der Waals surface area contributed by atoms with E-state index in [-0.39, 0.29) is 11.9 Å². The highest BCUT2D eigenvalue weighted by Crippen LogP contribution is 2.20. The second-order valence-corrected chi connectivity index (χ2v) is 4.42. The lowest BCUT2D eigenvalue weighted by Crippen LogP contribution is -2.48. The molecule has 1 saturated heterocycles. The van der Waals surface area contributed by atoms with Crippen molar-refractivity contribution in [2.75, 3.05) is 13.2 Å². The van der Waals surface area contributed by atoms with Gasteiger partial charge in [-0.15, -0.1) is 0 Å². The highest BCUT2D eigenvalue weighted by molar-refractivity contribution is 9.10. The summed E-state index contributed by atoms with van der Waals surface area (Å²) in [5.74, 6) is -0.159. The third-order valence-electron chi connectivity index (χ3n) is 2.03. The van der Waals surface area contributed by atoms with Gasteiger partial charge in [0, 0.05) is 6.20 Å². The molecule has 0 aliphatic carbocycles. The predicted octanol–water partition coefficient (Wildman–Crippen LogP) is 1.63. The molecule has 0 spiro atoms. The lowest BCUT2D eigenvalue weighted by molar-refractivity contribution is -0.00347. The molecule has 4 nitrogen and oxygen atoms in total. The molecule has 6 heteroatoms. The van der Waals surface area contributed by atoms with Crippen LogP contribution in [0.3, 0.4) is 0 Å². The maximum Gasteiger partial charge on any atom is 0.253 e. The Morgan fingerprint density at radius 2 is 2.40 bits per heavy atom. The molecule has 0 aromatic carbocycles. The van der Waals surface area contributed by atoms with E-state index in [0.717, 1.165) is 0 Å². The van der Waals surface area contributed by atoms with Crippen LogP contribution in [-0.2, 0) is 4.74 Å². The summed E-state index contributed by atoms with van der Waals surface area (Å²) in [5.41, 5.74) is 0.484. The van der Waals surface area contributed by atoms with Gasteiger partial charge >= 0.3 is 0 Å². The number of nitrogens with one attached hydrogen (secondary N) is 1. The molecule has 0 unspecified atom stereocenters. The molecule has 2 rings (SSSR count). The summed E-state index contributed by atoms with van der Waals surface area (Å²) in [6.07, 6.45) is 1.45. The fourth-order valence-corrected chi connectivity index (χ4v) is 1.59. The quantitative estimate of drug-likeness (QED) is 0.843. The smallest absolute Gasteiger partial charge is 0.253 e. The van der Waals surface area contributed by atoms with Gasteiger partial charge in [-0.2, -0.15) is 0 Å². The normalized spacial score (nSPS) is 15.9. The molecule has 1 N–H and O–H groups in total. The van der Waals surface area contributed by atoms with Crippen LogP contribution in [0.15, 0.2) is 16.7 Å². The fourth-order valence-electron chi connectivity index (χ4n) is 1.13. The molecule has 0 saturated carbocycles. The van der Waals surface area contributed by atoms with Gasteiger partial charge in [0.1, 0.15) is 5.15 Å². The Morgan fingerprint density at radius 1 is 1.67 bits per heavy atom. The lowest BCUT2D eigenvalue weighted by atomic mass is 10.2. The number of pyridine rings is 1. The van der Waals surface area contributed by atoms with Gasteiger partial charge in [0.15, 0.2) is 0 Å². The van der Waals surface area contributed by atoms with E-state index in [9.17, 15) is 4.79 Å². The van der Waals surface area contributed by atoms with E-state index in [2.05, 4.69) is 26.2 Å². The number of hydrogen-bond acceptors (Lipinski definition) is 3. The topological polar surface area (TPSA) is 51.2 Å². The molecule has 0 atom stereocenters. The zero-order valence-corrected chi connectivity index (χ0v) is 10.0. The minimum atomic E-state index is -0.159. The molecule has 1 fully saturated rings. The van der Waals surface area contributed by atoms with Crippen LogP contribution < -0.4 is 5.32 Å². The highest BCUT2D eigenvalue weighted by atomic mass is 79.9. The number of amides is 1. The minimum Gasteiger partial charge on any atom is -0.377 e. The van der Waals surface area contributed by atoms with E-state index < -0.39 is 0 Å². The number of halogens is 2. The Labute approximate surface area is 100 Å². The van der Waals surface area contributed by atoms with Gasteiger partial charge in [0.05, 0.1) is 29.3 Å². The van der Waals surface area contributed by atoms with E-state index >= 15 is 0 Å². The van der Waals surface area contributed by atoms with Crippen molar-refractivity contribution >= 4 is 33.4 Å². The van der Waals surface area contributed by atoms with Crippen molar-refractivity contribution < 1.29 is 9.53 Å². The molecule has 1 aliphatic heterocycles. The average Bonchev–Trinajstić information content (AvgIpc) is 2.15. The molecular weight excluding hydrogens is 283 g/mol. The third-order valence-corrected chi connectivity index (χ3v) is 3.17. The Balaban J connectivity index is 2.07. The Kier molecular flexibility index (Phi) is 3.23. The first kappa shape index (κ1) is 10.9. The van der Waals surface area contributed by atoms with Gasteiger partial charge in [-0.25, -0.2) is 4.98 Å². The summed E-state index contributed by atoms with van der Waals surface area (Å²) in [5, 5.41) is 3.16. The Hall–Kier alpha value is -0.650. The Bertz CT molecular complexity index is 396. The first-order chi connectivity index (χ1) is 7.16. The van der Waals surface area contributed by atoms with Crippen LogP contribution in [0.25, 0.3) is 0 Å². The van der Waals surface area contributed by atoms with E-state index in [1.165, 1.54) is 6.20 Å². The largest absolute Gasteiger partial charge is 0.377 e. The van der Waals surface area contributed by atoms with E-state index in [1.54, 1.807) is 6.07 Å². The van der Waals surface area contributed by atoms with Crippen LogP contribution >= 0.6 is 27.5 Å². The number of hydrogen-bond donors (Lipinski definition) is 1. The zero-order chi connectivity index (χ0) is 10.8. The highest BCUT2D eigenvalue weighted by Gasteiger charge is 2.21. The Morgan fingerprint density at radius 3 is 2.93 bits per heavy atom. The maximum atomic E-state index is 11.6. The summed E-state index contributed by atoms with van der Waals surface area (Å²) in [6, 6.07) is 1.76. The van der Waals surface area contributed by atoms with Crippen molar-refractivity contribution in [2.45, 2.75) is 6.04 Å². The lowest BCUT2D eigenvalue weighted by Gasteiger charge is -2.26. The molecule has 2 heterocycles. The molecule has 1 aliphatic rings. The number of carbonyl (C=O) groups excluding carboxylic acids is 1. The molecule has 1 amide bonds. The first-order valence-corrected chi connectivity index (χ1v) is 5.53. The standard InChI is InChI=1S/C9H8BrClN2O2/c10-7-1-5(2-12-8(7)11)9(14)13-6-3-15-4-6/h1-2,6H,3-4H2,(H,13,14). The van der Waals surface area contributed by atoms with Crippen molar-refractivity contribution in [2.24, 2.45) is 0 Å². The van der Waals surface area contributed by atoms with E-state index in [1.807, 2.05) is 0 Å². The zero-order valence-electron chi connectivity index (χ0n) is 7.67. The van der Waals surface area contributed by atoms with Gasteiger partial charge in [-0.1, -0.05) is 11.6 Å². The van der Waals surface area contributed by atoms with Crippen LogP contribution in [0, 0.1) is 0 Å². The van der Waals surface area contributed by atoms with E-state index in [4.69, 9.17) is 16.3 Å². The monoisotopic (exact) mass is 290 g/mol. The molecule has 1 aromatic rings. The summed E-state index contributed by atoms with van der Waals surface area (Å²) in [4.78, 5) is 15.5. The van der Waals surface area contributed by atoms with Crippen LogP contribution in [0.2, 0.25) is 5.15 Å². The first-order valence-electron chi connectivity index (χ1n) is 4.36. The summed E-state index contributed by atoms with van der Waals surface area (Å²) in [7, 11) is 0. The van der Waals surface area contributed by atoms with Crippen molar-refractivity contribution in [1.29, 1.82) is 0 Å². The summed E-state index contributed by atoms with van der Waals surface area (Å²) in [6.45, 7) is 1.15. The van der Waals surface area contributed by atoms with Gasteiger partial charge in [-0.05, 0) is 22.0 Å². The van der Waals surface area contributed by atoms with Crippen molar-refractivity contribution in [1.82, 2.24) is 10.3 Å². The van der Waals surface area contributed by atoms with Crippen molar-refractivity contribution in [3.05, 3.63) is 27.5 Å². The fraction of sp³-hybridized carbons (Fsp3) is 0.333. The van der Waals surface area contributed by atoms with Gasteiger partial charge in [-0.3, -0.25) is 4.79 Å². The molecule has 1 aromatic heterocycles. The SMILES string of the molecule is O=C(NC1COC1)c1cnc(Cl)c(Br)c1. The van der Waals surface area contributed by atoms with Crippen molar-refractivity contribution in [3.63, 3.8) is 0 Å². The second kappa shape index (κ2) is 4.47. The summed E-state index contributed by atoms with van der Waals surface area (Å²) < 4.78 is 5.57. The molecule has 0 bridgehead atoms. The number of rotatable bonds is 2. The van der Waals surface area contributed by atoms with Gasteiger partial charge in [0.2, 0.25) is 0 Å². The summed E-state index contributed by atoms with van der Waals surface area (Å²) >= 11 is 8.93. The predicted molar refractivity (Wildman–Crippen MR) is 59.0 cm³/mol. The molecule has 15 heavy (non-hydrogen) atoms. The average molecular weight is 292 g/mol. The van der Waals surface area contributed by atoms with Crippen LogP contribution in [0.5, 0.6) is 0 Å². The number of ether oxygens (including phenoxy) is 1. The maximum absolute atomic E-state index is 11.6. The van der Waals surface area contributed by atoms with Crippen LogP contribution in [0.4, 0.5) is 0 Å². The van der Waals surface area contributed by atoms with Crippen molar-refractivity contribution in [3.8, 4) is 0 Å². The van der Waals surface area contributed by atoms with Gasteiger partial charge in [0.25, 0.3) is 5.91 Å². The van der Waals surface area contributed by atoms with Gasteiger partial charge < -0.3 is 10.1 Å². The molecule has 0 radical (unpaired) electrons. The number of carbonyl (C=O) groups is 1. The second-order valence-electron chi connectivity index (χ2n) is 3.20. The van der Waals surface area contributed by atoms with Crippen LogP contribution in [-0.4, -0.2) is 30.1 Å². The van der Waals surface area contributed by atoms with E-state index in [0.29, 0.717) is 28.4 Å². The van der Waals surface area contributed by atoms with Crippen LogP contribution in [0.1, 0.15) is 10.4 Å².